The Morgan fingerprint density at radius 1 is 1.37 bits per heavy atom. The molecular formula is C13H13ClN2O3. The van der Waals surface area contributed by atoms with Gasteiger partial charge in [0.2, 0.25) is 0 Å². The highest BCUT2D eigenvalue weighted by Gasteiger charge is 2.01. The van der Waals surface area contributed by atoms with E-state index in [4.69, 9.17) is 21.4 Å². The number of aromatic nitrogens is 2. The molecule has 5 nitrogen and oxygen atoms in total. The van der Waals surface area contributed by atoms with Crippen molar-refractivity contribution >= 4 is 17.6 Å². The van der Waals surface area contributed by atoms with Crippen LogP contribution in [0.5, 0.6) is 5.75 Å². The fraction of sp³-hybridized carbons (Fsp3) is 0.231. The molecule has 0 amide bonds. The summed E-state index contributed by atoms with van der Waals surface area (Å²) in [6.45, 7) is 1.07. The predicted molar refractivity (Wildman–Crippen MR) is 70.5 cm³/mol. The van der Waals surface area contributed by atoms with Crippen LogP contribution in [0.1, 0.15) is 5.56 Å². The molecule has 19 heavy (non-hydrogen) atoms. The van der Waals surface area contributed by atoms with Crippen LogP contribution < -0.4 is 4.74 Å². The second kappa shape index (κ2) is 6.24. The van der Waals surface area contributed by atoms with Gasteiger partial charge in [-0.2, -0.15) is 5.10 Å². The number of hydrogen-bond donors (Lipinski definition) is 1. The molecule has 2 rings (SSSR count). The second-order valence-electron chi connectivity index (χ2n) is 3.98. The van der Waals surface area contributed by atoms with Crippen LogP contribution in [-0.4, -0.2) is 27.5 Å². The van der Waals surface area contributed by atoms with Gasteiger partial charge in [-0.25, -0.2) is 0 Å². The van der Waals surface area contributed by atoms with Crippen LogP contribution in [-0.2, 0) is 17.8 Å². The van der Waals surface area contributed by atoms with Gasteiger partial charge in [0, 0.05) is 6.20 Å². The molecule has 0 bridgehead atoms. The summed E-state index contributed by atoms with van der Waals surface area (Å²) in [5, 5.41) is 13.3. The molecule has 1 aromatic carbocycles. The van der Waals surface area contributed by atoms with E-state index in [0.29, 0.717) is 23.9 Å². The maximum atomic E-state index is 10.5. The molecule has 0 atom stereocenters. The Hall–Kier alpha value is -2.01. The zero-order valence-corrected chi connectivity index (χ0v) is 10.9. The standard InChI is InChI=1S/C13H13ClN2O3/c14-11-8-15-16(9-11)5-6-19-12-3-1-10(2-4-12)7-13(17)18/h1-4,8-9H,5-7H2,(H,17,18). The van der Waals surface area contributed by atoms with E-state index >= 15 is 0 Å². The Morgan fingerprint density at radius 2 is 2.11 bits per heavy atom. The molecule has 0 aliphatic carbocycles. The molecular weight excluding hydrogens is 268 g/mol. The van der Waals surface area contributed by atoms with Crippen molar-refractivity contribution < 1.29 is 14.6 Å². The number of carboxylic acid groups (broad SMARTS) is 1. The molecule has 6 heteroatoms. The maximum Gasteiger partial charge on any atom is 0.307 e. The Kier molecular flexibility index (Phi) is 4.41. The number of hydrogen-bond acceptors (Lipinski definition) is 3. The van der Waals surface area contributed by atoms with Crippen molar-refractivity contribution in [2.24, 2.45) is 0 Å². The van der Waals surface area contributed by atoms with Gasteiger partial charge in [0.15, 0.2) is 0 Å². The van der Waals surface area contributed by atoms with Crippen molar-refractivity contribution in [3.63, 3.8) is 0 Å². The number of carbonyl (C=O) groups is 1. The molecule has 0 fully saturated rings. The van der Waals surface area contributed by atoms with E-state index in [9.17, 15) is 4.79 Å². The Labute approximate surface area is 115 Å². The molecule has 0 saturated carbocycles. The molecule has 0 saturated heterocycles. The van der Waals surface area contributed by atoms with Crippen LogP contribution in [0.3, 0.4) is 0 Å². The van der Waals surface area contributed by atoms with E-state index in [-0.39, 0.29) is 6.42 Å². The first-order valence-corrected chi connectivity index (χ1v) is 6.13. The molecule has 2 aromatic rings. The lowest BCUT2D eigenvalue weighted by molar-refractivity contribution is -0.136. The second-order valence-corrected chi connectivity index (χ2v) is 4.42. The van der Waals surface area contributed by atoms with Crippen molar-refractivity contribution in [3.05, 3.63) is 47.2 Å². The van der Waals surface area contributed by atoms with E-state index in [2.05, 4.69) is 5.10 Å². The van der Waals surface area contributed by atoms with E-state index in [1.165, 1.54) is 0 Å². The van der Waals surface area contributed by atoms with Crippen molar-refractivity contribution in [1.82, 2.24) is 9.78 Å². The molecule has 1 aromatic heterocycles. The smallest absolute Gasteiger partial charge is 0.307 e. The predicted octanol–water partition coefficient (Wildman–Crippen LogP) is 2.24. The topological polar surface area (TPSA) is 64.3 Å². The molecule has 0 aliphatic rings. The minimum atomic E-state index is -0.843. The number of halogens is 1. The Balaban J connectivity index is 1.81. The Bertz CT molecular complexity index is 551. The zero-order chi connectivity index (χ0) is 13.7. The lowest BCUT2D eigenvalue weighted by Crippen LogP contribution is -2.08. The summed E-state index contributed by atoms with van der Waals surface area (Å²) in [5.41, 5.74) is 0.749. The number of ether oxygens (including phenoxy) is 1. The lowest BCUT2D eigenvalue weighted by atomic mass is 10.1. The van der Waals surface area contributed by atoms with Crippen molar-refractivity contribution in [2.75, 3.05) is 6.61 Å². The summed E-state index contributed by atoms with van der Waals surface area (Å²) in [4.78, 5) is 10.5. The number of rotatable bonds is 6. The minimum absolute atomic E-state index is 0.0199. The van der Waals surface area contributed by atoms with E-state index in [1.807, 2.05) is 0 Å². The third-order valence-electron chi connectivity index (χ3n) is 2.47. The van der Waals surface area contributed by atoms with Gasteiger partial charge >= 0.3 is 5.97 Å². The average molecular weight is 281 g/mol. The van der Waals surface area contributed by atoms with E-state index in [0.717, 1.165) is 5.56 Å². The van der Waals surface area contributed by atoms with Gasteiger partial charge in [0.1, 0.15) is 12.4 Å². The van der Waals surface area contributed by atoms with Crippen LogP contribution in [0.15, 0.2) is 36.7 Å². The normalized spacial score (nSPS) is 10.4. The number of nitrogens with zero attached hydrogens (tertiary/aromatic N) is 2. The molecule has 1 heterocycles. The fourth-order valence-corrected chi connectivity index (χ4v) is 1.75. The zero-order valence-electron chi connectivity index (χ0n) is 10.1. The first-order chi connectivity index (χ1) is 9.13. The van der Waals surface area contributed by atoms with Gasteiger partial charge in [-0.1, -0.05) is 23.7 Å². The van der Waals surface area contributed by atoms with Crippen molar-refractivity contribution in [2.45, 2.75) is 13.0 Å². The third-order valence-corrected chi connectivity index (χ3v) is 2.66. The molecule has 0 spiro atoms. The number of benzene rings is 1. The number of carboxylic acids is 1. The maximum absolute atomic E-state index is 10.5. The quantitative estimate of drug-likeness (QED) is 0.881. The highest BCUT2D eigenvalue weighted by molar-refractivity contribution is 6.30. The largest absolute Gasteiger partial charge is 0.492 e. The van der Waals surface area contributed by atoms with E-state index < -0.39 is 5.97 Å². The Morgan fingerprint density at radius 3 is 2.68 bits per heavy atom. The first-order valence-electron chi connectivity index (χ1n) is 5.75. The van der Waals surface area contributed by atoms with Gasteiger partial charge in [-0.3, -0.25) is 9.48 Å². The van der Waals surface area contributed by atoms with Crippen molar-refractivity contribution in [1.29, 1.82) is 0 Å². The molecule has 0 aliphatic heterocycles. The monoisotopic (exact) mass is 280 g/mol. The average Bonchev–Trinajstić information content (AvgIpc) is 2.77. The number of aliphatic carboxylic acids is 1. The molecule has 100 valence electrons. The first kappa shape index (κ1) is 13.4. The highest BCUT2D eigenvalue weighted by atomic mass is 35.5. The summed E-state index contributed by atoms with van der Waals surface area (Å²) in [7, 11) is 0. The highest BCUT2D eigenvalue weighted by Crippen LogP contribution is 2.13. The van der Waals surface area contributed by atoms with Crippen LogP contribution >= 0.6 is 11.6 Å². The van der Waals surface area contributed by atoms with Gasteiger partial charge < -0.3 is 9.84 Å². The molecule has 1 N–H and O–H groups in total. The summed E-state index contributed by atoms with van der Waals surface area (Å²) in [6, 6.07) is 7.01. The van der Waals surface area contributed by atoms with Gasteiger partial charge in [-0.15, -0.1) is 0 Å². The lowest BCUT2D eigenvalue weighted by Gasteiger charge is -2.06. The van der Waals surface area contributed by atoms with Gasteiger partial charge in [-0.05, 0) is 17.7 Å². The summed E-state index contributed by atoms with van der Waals surface area (Å²) < 4.78 is 7.22. The third kappa shape index (κ3) is 4.30. The molecule has 0 unspecified atom stereocenters. The summed E-state index contributed by atoms with van der Waals surface area (Å²) in [5.74, 6) is -0.142. The van der Waals surface area contributed by atoms with Crippen LogP contribution in [0.25, 0.3) is 0 Å². The van der Waals surface area contributed by atoms with Gasteiger partial charge in [0.25, 0.3) is 0 Å². The van der Waals surface area contributed by atoms with Crippen LogP contribution in [0.4, 0.5) is 0 Å². The molecule has 0 radical (unpaired) electrons. The SMILES string of the molecule is O=C(O)Cc1ccc(OCCn2cc(Cl)cn2)cc1. The summed E-state index contributed by atoms with van der Waals surface area (Å²) >= 11 is 5.74. The van der Waals surface area contributed by atoms with Crippen LogP contribution in [0, 0.1) is 0 Å². The minimum Gasteiger partial charge on any atom is -0.492 e. The van der Waals surface area contributed by atoms with Crippen molar-refractivity contribution in [3.8, 4) is 5.75 Å². The van der Waals surface area contributed by atoms with Crippen LogP contribution in [0.2, 0.25) is 5.02 Å². The fourth-order valence-electron chi connectivity index (χ4n) is 1.60. The van der Waals surface area contributed by atoms with E-state index in [1.54, 1.807) is 41.3 Å². The summed E-state index contributed by atoms with van der Waals surface area (Å²) in [6.07, 6.45) is 3.31. The van der Waals surface area contributed by atoms with Gasteiger partial charge in [0.05, 0.1) is 24.2 Å².